The van der Waals surface area contributed by atoms with E-state index in [-0.39, 0.29) is 5.91 Å². The van der Waals surface area contributed by atoms with E-state index in [9.17, 15) is 4.79 Å². The predicted molar refractivity (Wildman–Crippen MR) is 85.0 cm³/mol. The van der Waals surface area contributed by atoms with Crippen molar-refractivity contribution in [3.05, 3.63) is 46.4 Å². The van der Waals surface area contributed by atoms with Gasteiger partial charge in [0.05, 0.1) is 17.3 Å². The van der Waals surface area contributed by atoms with Crippen LogP contribution in [0, 0.1) is 0 Å². The molecule has 110 valence electrons. The maximum atomic E-state index is 11.5. The van der Waals surface area contributed by atoms with E-state index in [1.807, 2.05) is 0 Å². The Labute approximate surface area is 131 Å². The highest BCUT2D eigenvalue weighted by atomic mass is 79.9. The molecule has 6 heteroatoms. The fraction of sp³-hybridized carbons (Fsp3) is 0.133. The smallest absolute Gasteiger partial charge is 0.251 e. The number of amides is 1. The zero-order valence-corrected chi connectivity index (χ0v) is 13.2. The first-order valence-corrected chi connectivity index (χ1v) is 6.97. The van der Waals surface area contributed by atoms with Gasteiger partial charge in [0.1, 0.15) is 17.2 Å². The Morgan fingerprint density at radius 1 is 1.19 bits per heavy atom. The molecule has 21 heavy (non-hydrogen) atoms. The summed E-state index contributed by atoms with van der Waals surface area (Å²) in [6.45, 7) is 0. The number of carbonyl (C=O) groups excluding carboxylic acids is 1. The third-order valence-corrected chi connectivity index (χ3v) is 3.48. The molecular formula is C15H15BrN2O3. The van der Waals surface area contributed by atoms with Crippen LogP contribution >= 0.6 is 15.9 Å². The summed E-state index contributed by atoms with van der Waals surface area (Å²) >= 11 is 3.41. The monoisotopic (exact) mass is 350 g/mol. The van der Waals surface area contributed by atoms with Gasteiger partial charge in [0.15, 0.2) is 0 Å². The molecule has 0 aliphatic heterocycles. The van der Waals surface area contributed by atoms with E-state index < -0.39 is 0 Å². The molecular weight excluding hydrogens is 336 g/mol. The SMILES string of the molecule is CNC(=O)c1ccc(Oc2ccc(OC)cc2Br)c(N)c1. The van der Waals surface area contributed by atoms with Crippen molar-refractivity contribution in [1.29, 1.82) is 0 Å². The first-order chi connectivity index (χ1) is 10.0. The van der Waals surface area contributed by atoms with Gasteiger partial charge in [0, 0.05) is 12.6 Å². The molecule has 0 spiro atoms. The topological polar surface area (TPSA) is 73.6 Å². The van der Waals surface area contributed by atoms with Gasteiger partial charge in [-0.3, -0.25) is 4.79 Å². The lowest BCUT2D eigenvalue weighted by molar-refractivity contribution is 0.0963. The van der Waals surface area contributed by atoms with Gasteiger partial charge in [0.25, 0.3) is 5.91 Å². The van der Waals surface area contributed by atoms with Crippen LogP contribution in [0.3, 0.4) is 0 Å². The lowest BCUT2D eigenvalue weighted by atomic mass is 10.2. The molecule has 0 aliphatic rings. The molecule has 0 aliphatic carbocycles. The van der Waals surface area contributed by atoms with E-state index in [1.54, 1.807) is 50.6 Å². The van der Waals surface area contributed by atoms with E-state index in [0.29, 0.717) is 22.7 Å². The summed E-state index contributed by atoms with van der Waals surface area (Å²) in [5.74, 6) is 1.61. The fourth-order valence-electron chi connectivity index (χ4n) is 1.74. The second-order valence-corrected chi connectivity index (χ2v) is 5.08. The Morgan fingerprint density at radius 2 is 1.90 bits per heavy atom. The number of nitrogens with two attached hydrogens (primary N) is 1. The minimum atomic E-state index is -0.195. The molecule has 2 aromatic rings. The van der Waals surface area contributed by atoms with Crippen molar-refractivity contribution in [3.63, 3.8) is 0 Å². The van der Waals surface area contributed by atoms with Crippen molar-refractivity contribution in [2.45, 2.75) is 0 Å². The molecule has 2 aromatic carbocycles. The number of nitrogens with one attached hydrogen (secondary N) is 1. The summed E-state index contributed by atoms with van der Waals surface area (Å²) in [6, 6.07) is 10.2. The van der Waals surface area contributed by atoms with Gasteiger partial charge >= 0.3 is 0 Å². The molecule has 0 radical (unpaired) electrons. The molecule has 0 heterocycles. The number of methoxy groups -OCH3 is 1. The molecule has 0 aromatic heterocycles. The summed E-state index contributed by atoms with van der Waals surface area (Å²) in [7, 11) is 3.16. The predicted octanol–water partition coefficient (Wildman–Crippen LogP) is 3.19. The molecule has 0 atom stereocenters. The van der Waals surface area contributed by atoms with Crippen LogP contribution in [0.1, 0.15) is 10.4 Å². The van der Waals surface area contributed by atoms with Gasteiger partial charge in [-0.25, -0.2) is 0 Å². The highest BCUT2D eigenvalue weighted by molar-refractivity contribution is 9.10. The van der Waals surface area contributed by atoms with Crippen LogP contribution in [-0.4, -0.2) is 20.1 Å². The minimum Gasteiger partial charge on any atom is -0.497 e. The van der Waals surface area contributed by atoms with E-state index in [4.69, 9.17) is 15.2 Å². The number of rotatable bonds is 4. The summed E-state index contributed by atoms with van der Waals surface area (Å²) in [4.78, 5) is 11.5. The van der Waals surface area contributed by atoms with Crippen molar-refractivity contribution in [2.24, 2.45) is 0 Å². The first-order valence-electron chi connectivity index (χ1n) is 6.18. The molecule has 1 amide bonds. The lowest BCUT2D eigenvalue weighted by Gasteiger charge is -2.12. The summed E-state index contributed by atoms with van der Waals surface area (Å²) in [5, 5.41) is 2.54. The number of hydrogen-bond donors (Lipinski definition) is 2. The second-order valence-electron chi connectivity index (χ2n) is 4.23. The quantitative estimate of drug-likeness (QED) is 0.830. The standard InChI is InChI=1S/C15H15BrN2O3/c1-18-15(19)9-3-5-14(12(17)7-9)21-13-6-4-10(20-2)8-11(13)16/h3-8H,17H2,1-2H3,(H,18,19). The second kappa shape index (κ2) is 6.49. The van der Waals surface area contributed by atoms with Gasteiger partial charge in [-0.1, -0.05) is 0 Å². The van der Waals surface area contributed by atoms with Crippen LogP contribution in [0.15, 0.2) is 40.9 Å². The largest absolute Gasteiger partial charge is 0.497 e. The normalized spacial score (nSPS) is 10.0. The number of ether oxygens (including phenoxy) is 2. The third-order valence-electron chi connectivity index (χ3n) is 2.86. The van der Waals surface area contributed by atoms with Crippen molar-refractivity contribution in [2.75, 3.05) is 19.9 Å². The molecule has 0 saturated carbocycles. The number of halogens is 1. The Morgan fingerprint density at radius 3 is 2.48 bits per heavy atom. The highest BCUT2D eigenvalue weighted by Gasteiger charge is 2.10. The molecule has 2 rings (SSSR count). The Kier molecular flexibility index (Phi) is 4.70. The summed E-state index contributed by atoms with van der Waals surface area (Å²) in [6.07, 6.45) is 0. The Hall–Kier alpha value is -2.21. The molecule has 0 unspecified atom stereocenters. The molecule has 3 N–H and O–H groups in total. The van der Waals surface area contributed by atoms with E-state index in [0.717, 1.165) is 10.2 Å². The van der Waals surface area contributed by atoms with Crippen LogP contribution in [-0.2, 0) is 0 Å². The molecule has 0 fully saturated rings. The van der Waals surface area contributed by atoms with Crippen LogP contribution < -0.4 is 20.5 Å². The average molecular weight is 351 g/mol. The molecule has 0 saturated heterocycles. The third kappa shape index (κ3) is 3.46. The fourth-order valence-corrected chi connectivity index (χ4v) is 2.18. The zero-order chi connectivity index (χ0) is 15.4. The van der Waals surface area contributed by atoms with Gasteiger partial charge < -0.3 is 20.5 Å². The number of hydrogen-bond acceptors (Lipinski definition) is 4. The van der Waals surface area contributed by atoms with Crippen molar-refractivity contribution >= 4 is 27.5 Å². The van der Waals surface area contributed by atoms with Gasteiger partial charge in [-0.05, 0) is 52.3 Å². The van der Waals surface area contributed by atoms with Crippen LogP contribution in [0.4, 0.5) is 5.69 Å². The first kappa shape index (κ1) is 15.2. The maximum Gasteiger partial charge on any atom is 0.251 e. The van der Waals surface area contributed by atoms with E-state index in [1.165, 1.54) is 0 Å². The zero-order valence-electron chi connectivity index (χ0n) is 11.6. The maximum absolute atomic E-state index is 11.5. The van der Waals surface area contributed by atoms with Gasteiger partial charge in [0.2, 0.25) is 0 Å². The number of benzene rings is 2. The molecule has 0 bridgehead atoms. The van der Waals surface area contributed by atoms with E-state index in [2.05, 4.69) is 21.2 Å². The summed E-state index contributed by atoms with van der Waals surface area (Å²) < 4.78 is 11.6. The van der Waals surface area contributed by atoms with Crippen molar-refractivity contribution in [1.82, 2.24) is 5.32 Å². The van der Waals surface area contributed by atoms with Gasteiger partial charge in [-0.2, -0.15) is 0 Å². The minimum absolute atomic E-state index is 0.195. The van der Waals surface area contributed by atoms with Crippen LogP contribution in [0.2, 0.25) is 0 Å². The van der Waals surface area contributed by atoms with Crippen molar-refractivity contribution in [3.8, 4) is 17.2 Å². The summed E-state index contributed by atoms with van der Waals surface area (Å²) in [5.41, 5.74) is 6.79. The van der Waals surface area contributed by atoms with E-state index >= 15 is 0 Å². The number of nitrogen functional groups attached to an aromatic ring is 1. The van der Waals surface area contributed by atoms with Crippen LogP contribution in [0.5, 0.6) is 17.2 Å². The van der Waals surface area contributed by atoms with Gasteiger partial charge in [-0.15, -0.1) is 0 Å². The van der Waals surface area contributed by atoms with Crippen LogP contribution in [0.25, 0.3) is 0 Å². The highest BCUT2D eigenvalue weighted by Crippen LogP contribution is 2.35. The van der Waals surface area contributed by atoms with Crippen molar-refractivity contribution < 1.29 is 14.3 Å². The number of anilines is 1. The Balaban J connectivity index is 2.26. The number of carbonyl (C=O) groups is 1. The lowest BCUT2D eigenvalue weighted by Crippen LogP contribution is -2.17. The Bertz CT molecular complexity index is 674. The molecule has 5 nitrogen and oxygen atoms in total. The average Bonchev–Trinajstić information content (AvgIpc) is 2.50.